The number of nitriles is 1. The van der Waals surface area contributed by atoms with Crippen LogP contribution >= 0.6 is 0 Å². The van der Waals surface area contributed by atoms with E-state index in [1.54, 1.807) is 0 Å². The predicted molar refractivity (Wildman–Crippen MR) is 206 cm³/mol. The molecule has 7 aromatic rings. The molecule has 5 nitrogen and oxygen atoms in total. The van der Waals surface area contributed by atoms with Crippen molar-refractivity contribution < 1.29 is 4.42 Å². The Labute approximate surface area is 296 Å². The fourth-order valence-corrected chi connectivity index (χ4v) is 7.86. The summed E-state index contributed by atoms with van der Waals surface area (Å²) in [5, 5.41) is 20.7. The number of nitrogens with zero attached hydrogens (tertiary/aromatic N) is 2. The first-order valence-electron chi connectivity index (χ1n) is 17.3. The molecule has 9 rings (SSSR count). The van der Waals surface area contributed by atoms with Crippen LogP contribution in [0.5, 0.6) is 0 Å². The number of aromatic amines is 1. The van der Waals surface area contributed by atoms with Gasteiger partial charge in [0.2, 0.25) is 0 Å². The molecule has 244 valence electrons. The second-order valence-corrected chi connectivity index (χ2v) is 13.9. The number of aromatic nitrogens is 1. The molecule has 0 amide bonds. The molecule has 2 heterocycles. The summed E-state index contributed by atoms with van der Waals surface area (Å²) >= 11 is 0. The summed E-state index contributed by atoms with van der Waals surface area (Å²) < 4.78 is 6.55. The molecular formula is C46H34N4O. The van der Waals surface area contributed by atoms with E-state index < -0.39 is 0 Å². The molecule has 0 fully saturated rings. The van der Waals surface area contributed by atoms with Crippen LogP contribution in [0, 0.1) is 16.7 Å². The molecule has 0 aliphatic heterocycles. The molecule has 0 radical (unpaired) electrons. The molecule has 2 N–H and O–H groups in total. The van der Waals surface area contributed by atoms with Gasteiger partial charge < -0.3 is 9.40 Å². The van der Waals surface area contributed by atoms with E-state index in [0.717, 1.165) is 73.7 Å². The van der Waals surface area contributed by atoms with Gasteiger partial charge in [-0.15, -0.1) is 0 Å². The molecule has 0 atom stereocenters. The van der Waals surface area contributed by atoms with Crippen LogP contribution in [-0.4, -0.2) is 10.8 Å². The van der Waals surface area contributed by atoms with Crippen molar-refractivity contribution >= 4 is 33.3 Å². The molecular weight excluding hydrogens is 625 g/mol. The summed E-state index contributed by atoms with van der Waals surface area (Å²) in [6.07, 6.45) is 5.76. The minimum Gasteiger partial charge on any atom is -0.455 e. The molecule has 2 aliphatic rings. The number of rotatable bonds is 4. The van der Waals surface area contributed by atoms with Crippen LogP contribution in [0.2, 0.25) is 0 Å². The summed E-state index contributed by atoms with van der Waals surface area (Å²) in [6.45, 7) is 4.52. The molecule has 0 saturated carbocycles. The van der Waals surface area contributed by atoms with E-state index in [1.165, 1.54) is 22.3 Å². The summed E-state index contributed by atoms with van der Waals surface area (Å²) in [7, 11) is 0. The van der Waals surface area contributed by atoms with Gasteiger partial charge in [-0.05, 0) is 93.8 Å². The average molecular weight is 659 g/mol. The molecule has 0 bridgehead atoms. The lowest BCUT2D eigenvalue weighted by atomic mass is 9.78. The number of hydrogen-bond donors (Lipinski definition) is 2. The maximum absolute atomic E-state index is 9.59. The number of amidine groups is 1. The Morgan fingerprint density at radius 2 is 1.53 bits per heavy atom. The fraction of sp³-hybridized carbons (Fsp3) is 0.109. The van der Waals surface area contributed by atoms with Crippen molar-refractivity contribution in [3.63, 3.8) is 0 Å². The highest BCUT2D eigenvalue weighted by molar-refractivity contribution is 6.12. The lowest BCUT2D eigenvalue weighted by molar-refractivity contribution is 0.650. The van der Waals surface area contributed by atoms with Gasteiger partial charge in [0.05, 0.1) is 6.07 Å². The third-order valence-corrected chi connectivity index (χ3v) is 10.5. The number of para-hydroxylation sites is 1. The Kier molecular flexibility index (Phi) is 7.08. The molecule has 5 aromatic carbocycles. The number of allylic oxidation sites excluding steroid dienone is 4. The van der Waals surface area contributed by atoms with Crippen LogP contribution in [0.1, 0.15) is 43.4 Å². The minimum absolute atomic E-state index is 0.161. The molecule has 51 heavy (non-hydrogen) atoms. The zero-order valence-corrected chi connectivity index (χ0v) is 28.4. The first-order chi connectivity index (χ1) is 24.9. The topological polar surface area (TPSA) is 88.9 Å². The third kappa shape index (κ3) is 5.07. The summed E-state index contributed by atoms with van der Waals surface area (Å²) in [5.74, 6) is 0.161. The highest BCUT2D eigenvalue weighted by Crippen LogP contribution is 2.52. The second-order valence-electron chi connectivity index (χ2n) is 13.9. The van der Waals surface area contributed by atoms with E-state index in [0.29, 0.717) is 11.1 Å². The summed E-state index contributed by atoms with van der Waals surface area (Å²) in [4.78, 5) is 8.22. The normalized spacial score (nSPS) is 15.1. The van der Waals surface area contributed by atoms with Crippen molar-refractivity contribution in [2.45, 2.75) is 32.1 Å². The van der Waals surface area contributed by atoms with Gasteiger partial charge in [0.1, 0.15) is 16.7 Å². The van der Waals surface area contributed by atoms with Crippen LogP contribution in [-0.2, 0) is 5.41 Å². The van der Waals surface area contributed by atoms with Gasteiger partial charge in [-0.2, -0.15) is 5.26 Å². The minimum atomic E-state index is -0.191. The number of benzene rings is 5. The highest BCUT2D eigenvalue weighted by atomic mass is 16.3. The Hall–Kier alpha value is -6.51. The van der Waals surface area contributed by atoms with Crippen molar-refractivity contribution in [3.8, 4) is 39.4 Å². The lowest BCUT2D eigenvalue weighted by Gasteiger charge is -2.25. The van der Waals surface area contributed by atoms with E-state index >= 15 is 0 Å². The number of fused-ring (bicyclic) bond motifs is 5. The van der Waals surface area contributed by atoms with E-state index in [9.17, 15) is 5.26 Å². The van der Waals surface area contributed by atoms with E-state index in [-0.39, 0.29) is 11.3 Å². The number of furan rings is 1. The van der Waals surface area contributed by atoms with Gasteiger partial charge in [0.25, 0.3) is 0 Å². The van der Waals surface area contributed by atoms with Crippen molar-refractivity contribution in [1.82, 2.24) is 4.98 Å². The Balaban J connectivity index is 1.10. The SMILES string of the molecule is CC1(C)C2=C(CCC(C#N)=C2)c2ccc(-c3cccc4c3oc3ccc(C(=N)N=c5[nH]cc(-c6ccccc6)cc5-c5ccccc5)cc34)cc21. The van der Waals surface area contributed by atoms with E-state index in [4.69, 9.17) is 14.8 Å². The highest BCUT2D eigenvalue weighted by Gasteiger charge is 2.38. The Morgan fingerprint density at radius 1 is 0.745 bits per heavy atom. The molecule has 0 unspecified atom stereocenters. The van der Waals surface area contributed by atoms with Gasteiger partial charge in [-0.25, -0.2) is 4.99 Å². The van der Waals surface area contributed by atoms with E-state index in [2.05, 4.69) is 97.7 Å². The Morgan fingerprint density at radius 3 is 2.31 bits per heavy atom. The van der Waals surface area contributed by atoms with Crippen molar-refractivity contribution in [3.05, 3.63) is 167 Å². The van der Waals surface area contributed by atoms with Crippen LogP contribution in [0.25, 0.3) is 60.9 Å². The van der Waals surface area contributed by atoms with Crippen LogP contribution in [0.3, 0.4) is 0 Å². The smallest absolute Gasteiger partial charge is 0.154 e. The summed E-state index contributed by atoms with van der Waals surface area (Å²) in [5.41, 5.74) is 15.0. The van der Waals surface area contributed by atoms with Gasteiger partial charge in [0, 0.05) is 44.6 Å². The van der Waals surface area contributed by atoms with E-state index in [1.807, 2.05) is 60.8 Å². The number of H-pyrrole nitrogens is 1. The number of hydrogen-bond acceptors (Lipinski definition) is 3. The monoisotopic (exact) mass is 658 g/mol. The van der Waals surface area contributed by atoms with Crippen molar-refractivity contribution in [2.75, 3.05) is 0 Å². The largest absolute Gasteiger partial charge is 0.455 e. The number of pyridine rings is 1. The fourth-order valence-electron chi connectivity index (χ4n) is 7.86. The third-order valence-electron chi connectivity index (χ3n) is 10.5. The molecule has 0 spiro atoms. The molecule has 2 aromatic heterocycles. The number of nitrogens with one attached hydrogen (secondary N) is 2. The maximum Gasteiger partial charge on any atom is 0.154 e. The predicted octanol–water partition coefficient (Wildman–Crippen LogP) is 11.1. The summed E-state index contributed by atoms with van der Waals surface area (Å²) in [6, 6.07) is 43.8. The van der Waals surface area contributed by atoms with Crippen LogP contribution < -0.4 is 5.49 Å². The van der Waals surface area contributed by atoms with Crippen molar-refractivity contribution in [1.29, 1.82) is 10.7 Å². The van der Waals surface area contributed by atoms with Crippen LogP contribution in [0.4, 0.5) is 0 Å². The molecule has 2 aliphatic carbocycles. The second kappa shape index (κ2) is 11.8. The van der Waals surface area contributed by atoms with Gasteiger partial charge in [0.15, 0.2) is 5.84 Å². The Bertz CT molecular complexity index is 2730. The van der Waals surface area contributed by atoms with Gasteiger partial charge in [-0.3, -0.25) is 5.41 Å². The molecule has 0 saturated heterocycles. The molecule has 5 heteroatoms. The zero-order valence-electron chi connectivity index (χ0n) is 28.4. The van der Waals surface area contributed by atoms with Gasteiger partial charge >= 0.3 is 0 Å². The quantitative estimate of drug-likeness (QED) is 0.146. The van der Waals surface area contributed by atoms with Crippen LogP contribution in [0.15, 0.2) is 154 Å². The average Bonchev–Trinajstić information content (AvgIpc) is 3.66. The standard InChI is InChI=1S/C46H34N4O/c1-46(2)40-22-28(26-47)16-19-35(40)36-20-17-31(25-41(36)46)34-14-9-15-37-39-23-32(18-21-42(39)51-43(34)37)44(48)50-45-38(30-12-7-4-8-13-30)24-33(27-49-45)29-10-5-3-6-11-29/h3-15,17-18,20-25,27H,16,19H2,1-2H3,(H2,48,49,50). The first kappa shape index (κ1) is 30.5. The maximum atomic E-state index is 9.59. The first-order valence-corrected chi connectivity index (χ1v) is 17.3. The lowest BCUT2D eigenvalue weighted by Crippen LogP contribution is -2.17. The zero-order chi connectivity index (χ0) is 34.7. The van der Waals surface area contributed by atoms with Crippen molar-refractivity contribution in [2.24, 2.45) is 4.99 Å². The van der Waals surface area contributed by atoms with Gasteiger partial charge in [-0.1, -0.05) is 105 Å².